The van der Waals surface area contributed by atoms with Gasteiger partial charge in [0.2, 0.25) is 5.91 Å². The van der Waals surface area contributed by atoms with Crippen molar-refractivity contribution in [1.82, 2.24) is 10.7 Å². The van der Waals surface area contributed by atoms with Gasteiger partial charge in [0, 0.05) is 24.7 Å². The fraction of sp³-hybridized carbons (Fsp3) is 0.150. The molecule has 28 heavy (non-hydrogen) atoms. The molecule has 142 valence electrons. The number of benzene rings is 2. The summed E-state index contributed by atoms with van der Waals surface area (Å²) >= 11 is 0. The van der Waals surface area contributed by atoms with Gasteiger partial charge in [0.15, 0.2) is 0 Å². The van der Waals surface area contributed by atoms with Crippen LogP contribution in [0.2, 0.25) is 0 Å². The van der Waals surface area contributed by atoms with Crippen molar-refractivity contribution in [1.29, 1.82) is 0 Å². The van der Waals surface area contributed by atoms with Crippen LogP contribution in [-0.4, -0.2) is 29.5 Å². The molecule has 2 atom stereocenters. The number of hydrazone groups is 1. The first-order valence-corrected chi connectivity index (χ1v) is 8.63. The lowest BCUT2D eigenvalue weighted by Gasteiger charge is -2.15. The van der Waals surface area contributed by atoms with Crippen LogP contribution >= 0.6 is 0 Å². The Balaban J connectivity index is 1.63. The molecule has 3 rings (SSSR count). The molecule has 0 radical (unpaired) electrons. The highest BCUT2D eigenvalue weighted by Crippen LogP contribution is 2.29. The molecule has 2 N–H and O–H groups in total. The van der Waals surface area contributed by atoms with E-state index in [0.717, 1.165) is 5.56 Å². The van der Waals surface area contributed by atoms with Gasteiger partial charge in [-0.1, -0.05) is 42.5 Å². The van der Waals surface area contributed by atoms with Gasteiger partial charge in [0.25, 0.3) is 11.6 Å². The molecule has 1 fully saturated rings. The van der Waals surface area contributed by atoms with Gasteiger partial charge in [-0.25, -0.2) is 5.43 Å². The molecule has 0 spiro atoms. The summed E-state index contributed by atoms with van der Waals surface area (Å²) in [6.45, 7) is 0.391. The number of carbonyl (C=O) groups is 2. The molecule has 8 heteroatoms. The molecule has 0 saturated carbocycles. The SMILES string of the molecule is O=C1NC[C@H](c2ccccc2)[C@@H]1C(=O)N/N=C/C=C\c1ccccc1[N+](=O)[O-]. The highest BCUT2D eigenvalue weighted by atomic mass is 16.6. The third-order valence-corrected chi connectivity index (χ3v) is 4.44. The van der Waals surface area contributed by atoms with Crippen LogP contribution in [0, 0.1) is 16.0 Å². The lowest BCUT2D eigenvalue weighted by Crippen LogP contribution is -2.34. The maximum Gasteiger partial charge on any atom is 0.276 e. The molecule has 0 aromatic heterocycles. The van der Waals surface area contributed by atoms with E-state index < -0.39 is 16.7 Å². The van der Waals surface area contributed by atoms with Crippen molar-refractivity contribution >= 4 is 29.8 Å². The quantitative estimate of drug-likeness (QED) is 0.347. The minimum atomic E-state index is -0.862. The van der Waals surface area contributed by atoms with Crippen LogP contribution in [0.3, 0.4) is 0 Å². The maximum absolute atomic E-state index is 12.4. The predicted octanol–water partition coefficient (Wildman–Crippen LogP) is 2.24. The minimum Gasteiger partial charge on any atom is -0.355 e. The van der Waals surface area contributed by atoms with Gasteiger partial charge >= 0.3 is 0 Å². The van der Waals surface area contributed by atoms with Crippen LogP contribution in [0.4, 0.5) is 5.69 Å². The summed E-state index contributed by atoms with van der Waals surface area (Å²) in [6.07, 6.45) is 4.30. The molecule has 2 aromatic rings. The normalized spacial score (nSPS) is 19.1. The fourth-order valence-electron chi connectivity index (χ4n) is 3.09. The van der Waals surface area contributed by atoms with Gasteiger partial charge in [-0.3, -0.25) is 19.7 Å². The van der Waals surface area contributed by atoms with E-state index in [2.05, 4.69) is 15.8 Å². The monoisotopic (exact) mass is 378 g/mol. The number of nitro benzene ring substituents is 1. The van der Waals surface area contributed by atoms with Crippen LogP contribution in [-0.2, 0) is 9.59 Å². The summed E-state index contributed by atoms with van der Waals surface area (Å²) in [5.41, 5.74) is 3.66. The number of carbonyl (C=O) groups excluding carboxylic acids is 2. The number of allylic oxidation sites excluding steroid dienone is 1. The summed E-state index contributed by atoms with van der Waals surface area (Å²) in [7, 11) is 0. The van der Waals surface area contributed by atoms with Crippen LogP contribution < -0.4 is 10.7 Å². The Morgan fingerprint density at radius 1 is 1.18 bits per heavy atom. The van der Waals surface area contributed by atoms with Gasteiger partial charge in [-0.2, -0.15) is 5.10 Å². The highest BCUT2D eigenvalue weighted by Gasteiger charge is 2.40. The Hall–Kier alpha value is -3.81. The molecule has 1 aliphatic rings. The third kappa shape index (κ3) is 4.29. The van der Waals surface area contributed by atoms with E-state index in [1.807, 2.05) is 30.3 Å². The van der Waals surface area contributed by atoms with Crippen LogP contribution in [0.5, 0.6) is 0 Å². The Kier molecular flexibility index (Phi) is 5.91. The molecule has 8 nitrogen and oxygen atoms in total. The third-order valence-electron chi connectivity index (χ3n) is 4.44. The Morgan fingerprint density at radius 3 is 2.64 bits per heavy atom. The number of hydrogen-bond acceptors (Lipinski definition) is 5. The molecule has 1 heterocycles. The van der Waals surface area contributed by atoms with E-state index in [1.165, 1.54) is 24.4 Å². The number of rotatable bonds is 6. The van der Waals surface area contributed by atoms with Crippen molar-refractivity contribution in [2.24, 2.45) is 11.0 Å². The summed E-state index contributed by atoms with van der Waals surface area (Å²) in [4.78, 5) is 35.0. The molecule has 2 amide bonds. The largest absolute Gasteiger partial charge is 0.355 e. The molecule has 1 aliphatic heterocycles. The second-order valence-electron chi connectivity index (χ2n) is 6.17. The molecule has 1 saturated heterocycles. The van der Waals surface area contributed by atoms with Gasteiger partial charge in [-0.05, 0) is 23.8 Å². The second kappa shape index (κ2) is 8.72. The molecule has 0 bridgehead atoms. The topological polar surface area (TPSA) is 114 Å². The van der Waals surface area contributed by atoms with E-state index in [0.29, 0.717) is 12.1 Å². The van der Waals surface area contributed by atoms with Crippen molar-refractivity contribution < 1.29 is 14.5 Å². The van der Waals surface area contributed by atoms with Crippen molar-refractivity contribution in [2.45, 2.75) is 5.92 Å². The summed E-state index contributed by atoms with van der Waals surface area (Å²) in [5, 5.41) is 17.5. The molecular weight excluding hydrogens is 360 g/mol. The van der Waals surface area contributed by atoms with Gasteiger partial charge in [-0.15, -0.1) is 0 Å². The minimum absolute atomic E-state index is 0.0236. The van der Waals surface area contributed by atoms with E-state index in [4.69, 9.17) is 0 Å². The van der Waals surface area contributed by atoms with Gasteiger partial charge in [0.1, 0.15) is 5.92 Å². The van der Waals surface area contributed by atoms with Crippen LogP contribution in [0.25, 0.3) is 6.08 Å². The smallest absolute Gasteiger partial charge is 0.276 e. The fourth-order valence-corrected chi connectivity index (χ4v) is 3.09. The second-order valence-corrected chi connectivity index (χ2v) is 6.17. The predicted molar refractivity (Wildman–Crippen MR) is 104 cm³/mol. The Morgan fingerprint density at radius 2 is 1.89 bits per heavy atom. The average Bonchev–Trinajstić information content (AvgIpc) is 3.10. The highest BCUT2D eigenvalue weighted by molar-refractivity contribution is 6.03. The summed E-state index contributed by atoms with van der Waals surface area (Å²) in [5.74, 6) is -1.96. The first-order chi connectivity index (χ1) is 13.6. The molecule has 0 unspecified atom stereocenters. The Bertz CT molecular complexity index is 940. The van der Waals surface area contributed by atoms with E-state index in [-0.39, 0.29) is 17.5 Å². The zero-order valence-electron chi connectivity index (χ0n) is 14.8. The maximum atomic E-state index is 12.4. The zero-order chi connectivity index (χ0) is 19.9. The summed E-state index contributed by atoms with van der Waals surface area (Å²) < 4.78 is 0. The lowest BCUT2D eigenvalue weighted by atomic mass is 9.88. The van der Waals surface area contributed by atoms with E-state index in [9.17, 15) is 19.7 Å². The van der Waals surface area contributed by atoms with Crippen LogP contribution in [0.1, 0.15) is 17.0 Å². The first kappa shape index (κ1) is 19.0. The van der Waals surface area contributed by atoms with Crippen molar-refractivity contribution in [2.75, 3.05) is 6.54 Å². The first-order valence-electron chi connectivity index (χ1n) is 8.63. The lowest BCUT2D eigenvalue weighted by molar-refractivity contribution is -0.385. The molecule has 2 aromatic carbocycles. The average molecular weight is 378 g/mol. The number of amides is 2. The van der Waals surface area contributed by atoms with Crippen molar-refractivity contribution in [3.05, 3.63) is 81.9 Å². The zero-order valence-corrected chi connectivity index (χ0v) is 14.8. The van der Waals surface area contributed by atoms with Crippen LogP contribution in [0.15, 0.2) is 65.8 Å². The van der Waals surface area contributed by atoms with E-state index >= 15 is 0 Å². The van der Waals surface area contributed by atoms with Crippen molar-refractivity contribution in [3.8, 4) is 0 Å². The number of nitro groups is 1. The molecule has 0 aliphatic carbocycles. The van der Waals surface area contributed by atoms with Crippen molar-refractivity contribution in [3.63, 3.8) is 0 Å². The molecular formula is C20H18N4O4. The number of para-hydroxylation sites is 1. The number of nitrogens with one attached hydrogen (secondary N) is 2. The standard InChI is InChI=1S/C20H18N4O4/c25-19-18(16(13-21-19)14-7-2-1-3-8-14)20(26)23-22-12-6-10-15-9-4-5-11-17(15)24(27)28/h1-12,16,18H,13H2,(H,21,25)(H,23,26)/b10-6-,22-12+/t16-,18+/m1/s1. The Labute approximate surface area is 161 Å². The van der Waals surface area contributed by atoms with Gasteiger partial charge < -0.3 is 5.32 Å². The van der Waals surface area contributed by atoms with E-state index in [1.54, 1.807) is 18.2 Å². The number of hydrogen-bond donors (Lipinski definition) is 2. The summed E-state index contributed by atoms with van der Waals surface area (Å²) in [6, 6.07) is 15.6. The van der Waals surface area contributed by atoms with Gasteiger partial charge in [0.05, 0.1) is 10.5 Å². The number of nitrogens with zero attached hydrogens (tertiary/aromatic N) is 2.